The Morgan fingerprint density at radius 3 is 2.48 bits per heavy atom. The fraction of sp³-hybridized carbons (Fsp3) is 0.429. The van der Waals surface area contributed by atoms with E-state index in [9.17, 15) is 18.0 Å². The number of sulfonamides is 1. The molecule has 0 saturated carbocycles. The zero-order valence-corrected chi connectivity index (χ0v) is 14.1. The molecule has 0 spiro atoms. The van der Waals surface area contributed by atoms with Gasteiger partial charge in [-0.05, 0) is 38.0 Å². The van der Waals surface area contributed by atoms with Crippen molar-refractivity contribution in [3.05, 3.63) is 28.8 Å². The summed E-state index contributed by atoms with van der Waals surface area (Å²) < 4.78 is 31.2. The van der Waals surface area contributed by atoms with E-state index in [0.717, 1.165) is 18.9 Å². The molecule has 23 heavy (non-hydrogen) atoms. The second-order valence-electron chi connectivity index (χ2n) is 5.20. The van der Waals surface area contributed by atoms with E-state index in [2.05, 4.69) is 0 Å². The highest BCUT2D eigenvalue weighted by molar-refractivity contribution is 7.89. The molecule has 1 atom stereocenters. The van der Waals surface area contributed by atoms with E-state index in [-0.39, 0.29) is 15.5 Å². The van der Waals surface area contributed by atoms with E-state index in [1.54, 1.807) is 0 Å². The standard InChI is InChI=1S/C14H17ClN2O5S/c1-9(13(16)18)22-14(19)11-8-10(4-5-12(11)15)23(20,21)17-6-2-3-7-17/h4-5,8-9H,2-3,6-7H2,1H3,(H2,16,18)/t9-/m1/s1. The van der Waals surface area contributed by atoms with Crippen molar-refractivity contribution < 1.29 is 22.7 Å². The summed E-state index contributed by atoms with van der Waals surface area (Å²) in [5, 5.41) is 0.0343. The molecule has 2 N–H and O–H groups in total. The molecule has 1 heterocycles. The van der Waals surface area contributed by atoms with E-state index in [1.165, 1.54) is 23.4 Å². The zero-order chi connectivity index (χ0) is 17.2. The number of hydrogen-bond donors (Lipinski definition) is 1. The Kier molecular flexibility index (Phi) is 5.28. The molecule has 0 aromatic heterocycles. The van der Waals surface area contributed by atoms with Crippen LogP contribution in [-0.2, 0) is 19.6 Å². The van der Waals surface area contributed by atoms with Crippen LogP contribution < -0.4 is 5.73 Å². The number of nitrogens with two attached hydrogens (primary N) is 1. The Bertz CT molecular complexity index is 729. The monoisotopic (exact) mass is 360 g/mol. The number of primary amides is 1. The molecule has 126 valence electrons. The van der Waals surface area contributed by atoms with Crippen LogP contribution in [0.4, 0.5) is 0 Å². The summed E-state index contributed by atoms with van der Waals surface area (Å²) in [5.41, 5.74) is 4.91. The lowest BCUT2D eigenvalue weighted by Crippen LogP contribution is -2.31. The van der Waals surface area contributed by atoms with Crippen molar-refractivity contribution in [2.45, 2.75) is 30.8 Å². The van der Waals surface area contributed by atoms with Crippen molar-refractivity contribution in [1.29, 1.82) is 0 Å². The van der Waals surface area contributed by atoms with E-state index >= 15 is 0 Å². The minimum atomic E-state index is -3.68. The first-order valence-corrected chi connectivity index (χ1v) is 8.85. The molecule has 7 nitrogen and oxygen atoms in total. The summed E-state index contributed by atoms with van der Waals surface area (Å²) in [6.45, 7) is 2.21. The lowest BCUT2D eigenvalue weighted by Gasteiger charge is -2.16. The third kappa shape index (κ3) is 3.82. The van der Waals surface area contributed by atoms with E-state index in [1.807, 2.05) is 0 Å². The zero-order valence-electron chi connectivity index (χ0n) is 12.5. The van der Waals surface area contributed by atoms with Gasteiger partial charge in [-0.25, -0.2) is 13.2 Å². The molecule has 1 fully saturated rings. The Balaban J connectivity index is 2.32. The highest BCUT2D eigenvalue weighted by atomic mass is 35.5. The van der Waals surface area contributed by atoms with Gasteiger partial charge in [-0.2, -0.15) is 4.31 Å². The van der Waals surface area contributed by atoms with Crippen LogP contribution in [-0.4, -0.2) is 43.8 Å². The summed E-state index contributed by atoms with van der Waals surface area (Å²) >= 11 is 5.94. The van der Waals surface area contributed by atoms with E-state index in [4.69, 9.17) is 22.1 Å². The van der Waals surface area contributed by atoms with Crippen molar-refractivity contribution in [2.24, 2.45) is 5.73 Å². The van der Waals surface area contributed by atoms with Crippen LogP contribution in [0, 0.1) is 0 Å². The average Bonchev–Trinajstić information content (AvgIpc) is 3.02. The predicted octanol–water partition coefficient (Wildman–Crippen LogP) is 1.16. The Morgan fingerprint density at radius 2 is 1.91 bits per heavy atom. The maximum atomic E-state index is 12.5. The van der Waals surface area contributed by atoms with E-state index in [0.29, 0.717) is 13.1 Å². The quantitative estimate of drug-likeness (QED) is 0.793. The molecule has 1 saturated heterocycles. The second-order valence-corrected chi connectivity index (χ2v) is 7.55. The third-order valence-corrected chi connectivity index (χ3v) is 5.77. The van der Waals surface area contributed by atoms with Crippen molar-refractivity contribution >= 4 is 33.5 Å². The number of ether oxygens (including phenoxy) is 1. The van der Waals surface area contributed by atoms with Crippen molar-refractivity contribution in [1.82, 2.24) is 4.31 Å². The molecule has 1 aromatic carbocycles. The third-order valence-electron chi connectivity index (χ3n) is 3.55. The van der Waals surface area contributed by atoms with Gasteiger partial charge in [-0.3, -0.25) is 4.79 Å². The fourth-order valence-electron chi connectivity index (χ4n) is 2.18. The van der Waals surface area contributed by atoms with Gasteiger partial charge in [0, 0.05) is 13.1 Å². The molecule has 0 bridgehead atoms. The molecule has 0 aliphatic carbocycles. The number of benzene rings is 1. The molecular weight excluding hydrogens is 344 g/mol. The number of carbonyl (C=O) groups excluding carboxylic acids is 2. The minimum Gasteiger partial charge on any atom is -0.449 e. The minimum absolute atomic E-state index is 0.0343. The average molecular weight is 361 g/mol. The van der Waals surface area contributed by atoms with Crippen molar-refractivity contribution in [3.63, 3.8) is 0 Å². The second kappa shape index (κ2) is 6.86. The first-order valence-electron chi connectivity index (χ1n) is 7.03. The van der Waals surface area contributed by atoms with Crippen molar-refractivity contribution in [2.75, 3.05) is 13.1 Å². The highest BCUT2D eigenvalue weighted by Crippen LogP contribution is 2.26. The fourth-order valence-corrected chi connectivity index (χ4v) is 3.92. The first kappa shape index (κ1) is 17.7. The maximum Gasteiger partial charge on any atom is 0.340 e. The van der Waals surface area contributed by atoms with Crippen LogP contribution in [0.2, 0.25) is 5.02 Å². The van der Waals surface area contributed by atoms with Gasteiger partial charge in [0.15, 0.2) is 6.10 Å². The lowest BCUT2D eigenvalue weighted by molar-refractivity contribution is -0.125. The van der Waals surface area contributed by atoms with Gasteiger partial charge in [0.1, 0.15) is 0 Å². The largest absolute Gasteiger partial charge is 0.449 e. The van der Waals surface area contributed by atoms with E-state index < -0.39 is 28.0 Å². The molecule has 1 aromatic rings. The van der Waals surface area contributed by atoms with Crippen LogP contribution in [0.3, 0.4) is 0 Å². The van der Waals surface area contributed by atoms with Crippen molar-refractivity contribution in [3.8, 4) is 0 Å². The topological polar surface area (TPSA) is 107 Å². The SMILES string of the molecule is C[C@@H](OC(=O)c1cc(S(=O)(=O)N2CCCC2)ccc1Cl)C(N)=O. The number of halogens is 1. The smallest absolute Gasteiger partial charge is 0.340 e. The lowest BCUT2D eigenvalue weighted by atomic mass is 10.2. The Morgan fingerprint density at radius 1 is 1.30 bits per heavy atom. The number of nitrogens with zero attached hydrogens (tertiary/aromatic N) is 1. The predicted molar refractivity (Wildman–Crippen MR) is 83.5 cm³/mol. The Hall–Kier alpha value is -1.64. The molecule has 0 radical (unpaired) electrons. The number of amides is 1. The van der Waals surface area contributed by atoms with Crippen LogP contribution in [0.25, 0.3) is 0 Å². The number of esters is 1. The van der Waals surface area contributed by atoms with Crippen LogP contribution in [0.15, 0.2) is 23.1 Å². The Labute approximate surface area is 139 Å². The van der Waals surface area contributed by atoms with Gasteiger partial charge in [0.05, 0.1) is 15.5 Å². The summed E-state index contributed by atoms with van der Waals surface area (Å²) in [7, 11) is -3.68. The number of hydrogen-bond acceptors (Lipinski definition) is 5. The molecule has 9 heteroatoms. The van der Waals surface area contributed by atoms with Gasteiger partial charge >= 0.3 is 5.97 Å². The van der Waals surface area contributed by atoms with Crippen LogP contribution in [0.1, 0.15) is 30.1 Å². The van der Waals surface area contributed by atoms with Gasteiger partial charge in [0.25, 0.3) is 5.91 Å². The molecule has 2 rings (SSSR count). The van der Waals surface area contributed by atoms with Gasteiger partial charge < -0.3 is 10.5 Å². The maximum absolute atomic E-state index is 12.5. The normalized spacial score (nSPS) is 17.0. The number of rotatable bonds is 5. The molecule has 1 aliphatic heterocycles. The van der Waals surface area contributed by atoms with Gasteiger partial charge in [-0.1, -0.05) is 11.6 Å². The molecular formula is C14H17ClN2O5S. The van der Waals surface area contributed by atoms with Crippen LogP contribution >= 0.6 is 11.6 Å². The molecule has 1 aliphatic rings. The highest BCUT2D eigenvalue weighted by Gasteiger charge is 2.29. The summed E-state index contributed by atoms with van der Waals surface area (Å²) in [5.74, 6) is -1.71. The first-order chi connectivity index (χ1) is 10.7. The summed E-state index contributed by atoms with van der Waals surface area (Å²) in [4.78, 5) is 23.0. The van der Waals surface area contributed by atoms with Crippen LogP contribution in [0.5, 0.6) is 0 Å². The molecule has 0 unspecified atom stereocenters. The summed E-state index contributed by atoms with van der Waals surface area (Å²) in [6, 6.07) is 3.81. The number of carbonyl (C=O) groups is 2. The van der Waals surface area contributed by atoms with Gasteiger partial charge in [-0.15, -0.1) is 0 Å². The van der Waals surface area contributed by atoms with Gasteiger partial charge in [0.2, 0.25) is 10.0 Å². The summed E-state index contributed by atoms with van der Waals surface area (Å²) in [6.07, 6.45) is 0.466. The molecule has 1 amide bonds.